The summed E-state index contributed by atoms with van der Waals surface area (Å²) in [6.45, 7) is 1.61. The molecule has 0 radical (unpaired) electrons. The van der Waals surface area contributed by atoms with Crippen LogP contribution in [-0.2, 0) is 0 Å². The van der Waals surface area contributed by atoms with Crippen molar-refractivity contribution in [1.82, 2.24) is 9.47 Å². The zero-order valence-corrected chi connectivity index (χ0v) is 12.8. The van der Waals surface area contributed by atoms with E-state index in [1.807, 2.05) is 46.5 Å². The van der Waals surface area contributed by atoms with Crippen molar-refractivity contribution in [2.24, 2.45) is 4.99 Å². The number of hydrogen-bond acceptors (Lipinski definition) is 3. The predicted octanol–water partition coefficient (Wildman–Crippen LogP) is 3.40. The maximum absolute atomic E-state index is 12.2. The van der Waals surface area contributed by atoms with Crippen LogP contribution in [0.2, 0.25) is 0 Å². The van der Waals surface area contributed by atoms with Crippen molar-refractivity contribution in [3.63, 3.8) is 0 Å². The molecule has 0 aliphatic carbocycles. The molecule has 6 heteroatoms. The number of aromatic nitrogens is 1. The fourth-order valence-electron chi connectivity index (χ4n) is 2.67. The first-order valence-corrected chi connectivity index (χ1v) is 8.18. The molecule has 22 heavy (non-hydrogen) atoms. The molecule has 0 N–H and O–H groups in total. The molecule has 3 heterocycles. The first-order valence-electron chi connectivity index (χ1n) is 7.30. The molecule has 2 amide bonds. The number of urea groups is 1. The highest BCUT2D eigenvalue weighted by molar-refractivity contribution is 7.07. The lowest BCUT2D eigenvalue weighted by Gasteiger charge is -2.10. The number of thiazole rings is 1. The van der Waals surface area contributed by atoms with Crippen LogP contribution in [0.4, 0.5) is 4.79 Å². The van der Waals surface area contributed by atoms with E-state index in [9.17, 15) is 4.79 Å². The van der Waals surface area contributed by atoms with Gasteiger partial charge in [0.25, 0.3) is 0 Å². The fraction of sp³-hybridized carbons (Fsp3) is 0.250. The summed E-state index contributed by atoms with van der Waals surface area (Å²) in [6.07, 6.45) is 4.00. The Balaban J connectivity index is 1.74. The van der Waals surface area contributed by atoms with Crippen molar-refractivity contribution in [2.45, 2.75) is 12.8 Å². The van der Waals surface area contributed by atoms with Crippen molar-refractivity contribution in [1.29, 1.82) is 0 Å². The summed E-state index contributed by atoms with van der Waals surface area (Å²) in [5, 5.41) is 2.94. The molecule has 0 unspecified atom stereocenters. The van der Waals surface area contributed by atoms with E-state index in [0.717, 1.165) is 36.9 Å². The third kappa shape index (κ3) is 2.35. The summed E-state index contributed by atoms with van der Waals surface area (Å²) in [5.74, 6) is 0.676. The van der Waals surface area contributed by atoms with E-state index in [1.54, 1.807) is 4.90 Å². The SMILES string of the molecule is O=C(N=c1sccn1-c1cc2ccccc2o1)N1CCCC1. The number of para-hydroxylation sites is 1. The van der Waals surface area contributed by atoms with Crippen LogP contribution in [-0.4, -0.2) is 28.6 Å². The van der Waals surface area contributed by atoms with Crippen molar-refractivity contribution >= 4 is 28.3 Å². The molecule has 0 saturated carbocycles. The van der Waals surface area contributed by atoms with Gasteiger partial charge in [-0.15, -0.1) is 11.3 Å². The van der Waals surface area contributed by atoms with Crippen LogP contribution >= 0.6 is 11.3 Å². The van der Waals surface area contributed by atoms with Gasteiger partial charge in [0, 0.05) is 36.1 Å². The van der Waals surface area contributed by atoms with Crippen LogP contribution in [0.1, 0.15) is 12.8 Å². The lowest BCUT2D eigenvalue weighted by Crippen LogP contribution is -2.27. The molecule has 0 atom stereocenters. The molecular formula is C16H15N3O2S. The second kappa shape index (κ2) is 5.46. The van der Waals surface area contributed by atoms with Crippen LogP contribution in [0.3, 0.4) is 0 Å². The van der Waals surface area contributed by atoms with Crippen LogP contribution in [0.15, 0.2) is 51.3 Å². The molecular weight excluding hydrogens is 298 g/mol. The van der Waals surface area contributed by atoms with E-state index in [2.05, 4.69) is 4.99 Å². The van der Waals surface area contributed by atoms with Crippen molar-refractivity contribution in [3.8, 4) is 5.88 Å². The molecule has 3 aromatic rings. The van der Waals surface area contributed by atoms with Gasteiger partial charge in [-0.25, -0.2) is 4.79 Å². The second-order valence-corrected chi connectivity index (χ2v) is 6.14. The van der Waals surface area contributed by atoms with Crippen LogP contribution in [0.5, 0.6) is 0 Å². The molecule has 1 aliphatic rings. The normalized spacial score (nSPS) is 15.8. The molecule has 112 valence electrons. The van der Waals surface area contributed by atoms with Crippen LogP contribution in [0.25, 0.3) is 16.9 Å². The van der Waals surface area contributed by atoms with Crippen molar-refractivity contribution in [2.75, 3.05) is 13.1 Å². The summed E-state index contributed by atoms with van der Waals surface area (Å²) in [7, 11) is 0. The molecule has 1 aromatic carbocycles. The predicted molar refractivity (Wildman–Crippen MR) is 85.2 cm³/mol. The first-order chi connectivity index (χ1) is 10.8. The zero-order valence-electron chi connectivity index (χ0n) is 11.9. The Morgan fingerprint density at radius 2 is 2.05 bits per heavy atom. The van der Waals surface area contributed by atoms with Crippen LogP contribution in [0, 0.1) is 0 Å². The third-order valence-electron chi connectivity index (χ3n) is 3.81. The summed E-state index contributed by atoms with van der Waals surface area (Å²) in [4.78, 5) is 18.9. The Kier molecular flexibility index (Phi) is 3.31. The lowest BCUT2D eigenvalue weighted by molar-refractivity contribution is 0.218. The number of furan rings is 1. The Morgan fingerprint density at radius 3 is 2.86 bits per heavy atom. The van der Waals surface area contributed by atoms with E-state index in [1.165, 1.54) is 11.3 Å². The van der Waals surface area contributed by atoms with Gasteiger partial charge in [-0.3, -0.25) is 4.57 Å². The van der Waals surface area contributed by atoms with E-state index in [-0.39, 0.29) is 6.03 Å². The number of carbonyl (C=O) groups excluding carboxylic acids is 1. The number of rotatable bonds is 1. The quantitative estimate of drug-likeness (QED) is 0.691. The average Bonchev–Trinajstić information content (AvgIpc) is 3.26. The van der Waals surface area contributed by atoms with E-state index >= 15 is 0 Å². The molecule has 5 nitrogen and oxygen atoms in total. The van der Waals surface area contributed by atoms with Gasteiger partial charge in [-0.1, -0.05) is 18.2 Å². The van der Waals surface area contributed by atoms with E-state index in [0.29, 0.717) is 10.7 Å². The molecule has 4 rings (SSSR count). The number of carbonyl (C=O) groups is 1. The average molecular weight is 313 g/mol. The third-order valence-corrected chi connectivity index (χ3v) is 4.56. The van der Waals surface area contributed by atoms with Crippen molar-refractivity contribution in [3.05, 3.63) is 46.7 Å². The van der Waals surface area contributed by atoms with Gasteiger partial charge < -0.3 is 9.32 Å². The first kappa shape index (κ1) is 13.3. The van der Waals surface area contributed by atoms with Gasteiger partial charge in [0.05, 0.1) is 0 Å². The zero-order chi connectivity index (χ0) is 14.9. The number of likely N-dealkylation sites (tertiary alicyclic amines) is 1. The second-order valence-electron chi connectivity index (χ2n) is 5.27. The molecule has 1 saturated heterocycles. The highest BCUT2D eigenvalue weighted by Crippen LogP contribution is 2.21. The smallest absolute Gasteiger partial charge is 0.346 e. The van der Waals surface area contributed by atoms with Crippen molar-refractivity contribution < 1.29 is 9.21 Å². The minimum absolute atomic E-state index is 0.162. The Morgan fingerprint density at radius 1 is 1.23 bits per heavy atom. The minimum Gasteiger partial charge on any atom is -0.440 e. The summed E-state index contributed by atoms with van der Waals surface area (Å²) < 4.78 is 7.66. The largest absolute Gasteiger partial charge is 0.440 e. The lowest BCUT2D eigenvalue weighted by atomic mass is 10.3. The Hall–Kier alpha value is -2.34. The molecule has 1 fully saturated rings. The Bertz CT molecular complexity index is 851. The van der Waals surface area contributed by atoms with Gasteiger partial charge in [-0.2, -0.15) is 4.99 Å². The molecule has 0 spiro atoms. The summed E-state index contributed by atoms with van der Waals surface area (Å²) >= 11 is 1.43. The number of fused-ring (bicyclic) bond motifs is 1. The summed E-state index contributed by atoms with van der Waals surface area (Å²) in [5.41, 5.74) is 0.827. The Labute approximate surface area is 131 Å². The maximum atomic E-state index is 12.2. The number of hydrogen-bond donors (Lipinski definition) is 0. The van der Waals surface area contributed by atoms with Gasteiger partial charge in [0.2, 0.25) is 10.7 Å². The van der Waals surface area contributed by atoms with Crippen LogP contribution < -0.4 is 4.80 Å². The highest BCUT2D eigenvalue weighted by atomic mass is 32.1. The molecule has 2 aromatic heterocycles. The number of benzene rings is 1. The van der Waals surface area contributed by atoms with Gasteiger partial charge in [0.1, 0.15) is 5.58 Å². The maximum Gasteiger partial charge on any atom is 0.346 e. The standard InChI is InChI=1S/C16H15N3O2S/c20-15(18-7-3-4-8-18)17-16-19(9-10-22-16)14-11-12-5-1-2-6-13(12)21-14/h1-2,5-6,9-11H,3-4,7-8H2. The minimum atomic E-state index is -0.162. The van der Waals surface area contributed by atoms with E-state index < -0.39 is 0 Å². The fourth-order valence-corrected chi connectivity index (χ4v) is 3.37. The summed E-state index contributed by atoms with van der Waals surface area (Å²) in [6, 6.07) is 9.64. The topological polar surface area (TPSA) is 50.7 Å². The number of nitrogens with zero attached hydrogens (tertiary/aromatic N) is 3. The van der Waals surface area contributed by atoms with Gasteiger partial charge in [-0.05, 0) is 18.9 Å². The monoisotopic (exact) mass is 313 g/mol. The number of amides is 2. The molecule has 1 aliphatic heterocycles. The highest BCUT2D eigenvalue weighted by Gasteiger charge is 2.17. The molecule has 0 bridgehead atoms. The van der Waals surface area contributed by atoms with Gasteiger partial charge in [0.15, 0.2) is 0 Å². The van der Waals surface area contributed by atoms with Gasteiger partial charge >= 0.3 is 6.03 Å². The van der Waals surface area contributed by atoms with E-state index in [4.69, 9.17) is 4.42 Å².